The molecule has 1 unspecified atom stereocenters. The van der Waals surface area contributed by atoms with E-state index >= 15 is 0 Å². The third-order valence-electron chi connectivity index (χ3n) is 4.74. The molecule has 1 aromatic rings. The second kappa shape index (κ2) is 12.7. The van der Waals surface area contributed by atoms with Crippen LogP contribution in [0.4, 0.5) is 0 Å². The van der Waals surface area contributed by atoms with Crippen molar-refractivity contribution in [1.29, 1.82) is 0 Å². The van der Waals surface area contributed by atoms with Gasteiger partial charge in [0.05, 0.1) is 0 Å². The summed E-state index contributed by atoms with van der Waals surface area (Å²) in [4.78, 5) is 7.37. The van der Waals surface area contributed by atoms with Crippen LogP contribution in [0.3, 0.4) is 0 Å². The fourth-order valence-electron chi connectivity index (χ4n) is 3.28. The maximum Gasteiger partial charge on any atom is 0.191 e. The van der Waals surface area contributed by atoms with Crippen LogP contribution in [0.1, 0.15) is 32.3 Å². The Kier molecular flexibility index (Phi) is 10.1. The van der Waals surface area contributed by atoms with Gasteiger partial charge in [0.25, 0.3) is 0 Å². The van der Waals surface area contributed by atoms with Gasteiger partial charge in [-0.05, 0) is 51.1 Å². The van der Waals surface area contributed by atoms with Crippen LogP contribution in [-0.2, 0) is 11.2 Å². The molecule has 26 heavy (non-hydrogen) atoms. The average Bonchev–Trinajstić information content (AvgIpc) is 3.13. The first-order valence-corrected chi connectivity index (χ1v) is 10.2. The molecule has 0 radical (unpaired) electrons. The lowest BCUT2D eigenvalue weighted by Crippen LogP contribution is -2.38. The van der Waals surface area contributed by atoms with Crippen molar-refractivity contribution < 1.29 is 4.74 Å². The molecule has 0 saturated carbocycles. The zero-order chi connectivity index (χ0) is 18.5. The Bertz CT molecular complexity index is 506. The van der Waals surface area contributed by atoms with Gasteiger partial charge in [0.1, 0.15) is 0 Å². The number of guanidine groups is 1. The van der Waals surface area contributed by atoms with E-state index < -0.39 is 0 Å². The molecule has 0 spiro atoms. The van der Waals surface area contributed by atoms with E-state index in [1.54, 1.807) is 0 Å². The summed E-state index contributed by atoms with van der Waals surface area (Å²) in [6.45, 7) is 12.0. The van der Waals surface area contributed by atoms with E-state index in [1.165, 1.54) is 25.1 Å². The van der Waals surface area contributed by atoms with Crippen molar-refractivity contribution in [1.82, 2.24) is 15.5 Å². The monoisotopic (exact) mass is 360 g/mol. The van der Waals surface area contributed by atoms with Crippen LogP contribution in [0.2, 0.25) is 0 Å². The van der Waals surface area contributed by atoms with Crippen LogP contribution in [0.5, 0.6) is 0 Å². The van der Waals surface area contributed by atoms with Crippen LogP contribution in [0.25, 0.3) is 0 Å². The van der Waals surface area contributed by atoms with E-state index in [2.05, 4.69) is 52.8 Å². The summed E-state index contributed by atoms with van der Waals surface area (Å²) in [6, 6.07) is 10.8. The first kappa shape index (κ1) is 20.7. The Morgan fingerprint density at radius 2 is 2.08 bits per heavy atom. The Morgan fingerprint density at radius 3 is 2.85 bits per heavy atom. The van der Waals surface area contributed by atoms with Crippen LogP contribution >= 0.6 is 0 Å². The second-order valence-electron chi connectivity index (χ2n) is 6.89. The number of likely N-dealkylation sites (tertiary alicyclic amines) is 1. The van der Waals surface area contributed by atoms with Gasteiger partial charge in [0, 0.05) is 45.9 Å². The van der Waals surface area contributed by atoms with E-state index in [9.17, 15) is 0 Å². The Labute approximate surface area is 159 Å². The first-order valence-electron chi connectivity index (χ1n) is 10.2. The summed E-state index contributed by atoms with van der Waals surface area (Å²) < 4.78 is 5.38. The lowest BCUT2D eigenvalue weighted by Gasteiger charge is -2.16. The van der Waals surface area contributed by atoms with Crippen LogP contribution < -0.4 is 10.6 Å². The minimum Gasteiger partial charge on any atom is -0.382 e. The Hall–Kier alpha value is -1.59. The van der Waals surface area contributed by atoms with E-state index in [1.807, 2.05) is 6.92 Å². The summed E-state index contributed by atoms with van der Waals surface area (Å²) in [5.41, 5.74) is 1.43. The normalized spacial score (nSPS) is 18.2. The molecule has 1 heterocycles. The highest BCUT2D eigenvalue weighted by Crippen LogP contribution is 2.17. The smallest absolute Gasteiger partial charge is 0.191 e. The largest absolute Gasteiger partial charge is 0.382 e. The summed E-state index contributed by atoms with van der Waals surface area (Å²) in [5.74, 6) is 1.61. The molecule has 0 aromatic heterocycles. The third-order valence-corrected chi connectivity index (χ3v) is 4.74. The number of hydrogen-bond acceptors (Lipinski definition) is 3. The molecule has 1 aliphatic heterocycles. The number of ether oxygens (including phenoxy) is 1. The molecule has 0 aliphatic carbocycles. The number of hydrogen-bond donors (Lipinski definition) is 2. The van der Waals surface area contributed by atoms with Gasteiger partial charge in [-0.1, -0.05) is 30.3 Å². The van der Waals surface area contributed by atoms with Gasteiger partial charge >= 0.3 is 0 Å². The maximum atomic E-state index is 5.38. The number of nitrogens with one attached hydrogen (secondary N) is 2. The van der Waals surface area contributed by atoms with Crippen molar-refractivity contribution >= 4 is 5.96 Å². The second-order valence-corrected chi connectivity index (χ2v) is 6.89. The topological polar surface area (TPSA) is 48.9 Å². The lowest BCUT2D eigenvalue weighted by atomic mass is 10.1. The molecule has 2 N–H and O–H groups in total. The molecule has 2 rings (SSSR count). The zero-order valence-electron chi connectivity index (χ0n) is 16.5. The SMILES string of the molecule is CCNC(=NCC1CCN(CCc2ccccc2)C1)NCCCOCC. The number of aliphatic imine (C=N–C) groups is 1. The fourth-order valence-corrected chi connectivity index (χ4v) is 3.28. The molecule has 1 atom stereocenters. The van der Waals surface area contributed by atoms with Gasteiger partial charge in [-0.25, -0.2) is 0 Å². The molecule has 1 fully saturated rings. The van der Waals surface area contributed by atoms with E-state index in [4.69, 9.17) is 9.73 Å². The molecule has 5 heteroatoms. The van der Waals surface area contributed by atoms with Crippen LogP contribution in [0.15, 0.2) is 35.3 Å². The number of benzene rings is 1. The van der Waals surface area contributed by atoms with Crippen molar-refractivity contribution in [2.45, 2.75) is 33.1 Å². The minimum atomic E-state index is 0.671. The highest BCUT2D eigenvalue weighted by Gasteiger charge is 2.21. The van der Waals surface area contributed by atoms with Crippen LogP contribution in [-0.4, -0.2) is 63.3 Å². The van der Waals surface area contributed by atoms with Gasteiger partial charge < -0.3 is 20.3 Å². The molecule has 1 aromatic carbocycles. The van der Waals surface area contributed by atoms with E-state index in [-0.39, 0.29) is 0 Å². The van der Waals surface area contributed by atoms with Crippen molar-refractivity contribution in [3.8, 4) is 0 Å². The molecular formula is C21H36N4O. The minimum absolute atomic E-state index is 0.671. The summed E-state index contributed by atoms with van der Waals surface area (Å²) in [7, 11) is 0. The Morgan fingerprint density at radius 1 is 1.23 bits per heavy atom. The summed E-state index contributed by atoms with van der Waals surface area (Å²) in [5, 5.41) is 6.75. The van der Waals surface area contributed by atoms with Crippen molar-refractivity contribution in [3.05, 3.63) is 35.9 Å². The number of nitrogens with zero attached hydrogens (tertiary/aromatic N) is 2. The zero-order valence-corrected chi connectivity index (χ0v) is 16.5. The third kappa shape index (κ3) is 8.19. The molecule has 0 amide bonds. The molecule has 5 nitrogen and oxygen atoms in total. The predicted octanol–water partition coefficient (Wildman–Crippen LogP) is 2.53. The quantitative estimate of drug-likeness (QED) is 0.362. The van der Waals surface area contributed by atoms with Crippen molar-refractivity contribution in [2.24, 2.45) is 10.9 Å². The molecule has 0 bridgehead atoms. The molecule has 146 valence electrons. The standard InChI is InChI=1S/C21H36N4O/c1-3-22-21(23-13-8-16-26-4-2)24-17-20-12-15-25(18-20)14-11-19-9-6-5-7-10-19/h5-7,9-10,20H,3-4,8,11-18H2,1-2H3,(H2,22,23,24). The molecule has 1 aliphatic rings. The van der Waals surface area contributed by atoms with Gasteiger partial charge in [-0.15, -0.1) is 0 Å². The first-order chi connectivity index (χ1) is 12.8. The van der Waals surface area contributed by atoms with Gasteiger partial charge in [-0.2, -0.15) is 0 Å². The summed E-state index contributed by atoms with van der Waals surface area (Å²) >= 11 is 0. The molecular weight excluding hydrogens is 324 g/mol. The maximum absolute atomic E-state index is 5.38. The molecule has 1 saturated heterocycles. The van der Waals surface area contributed by atoms with Crippen molar-refractivity contribution in [3.63, 3.8) is 0 Å². The Balaban J connectivity index is 1.66. The van der Waals surface area contributed by atoms with E-state index in [0.29, 0.717) is 5.92 Å². The van der Waals surface area contributed by atoms with Gasteiger partial charge in [-0.3, -0.25) is 4.99 Å². The highest BCUT2D eigenvalue weighted by atomic mass is 16.5. The predicted molar refractivity (Wildman–Crippen MR) is 110 cm³/mol. The van der Waals surface area contributed by atoms with Gasteiger partial charge in [0.2, 0.25) is 0 Å². The van der Waals surface area contributed by atoms with Crippen LogP contribution in [0, 0.1) is 5.92 Å². The van der Waals surface area contributed by atoms with Crippen molar-refractivity contribution in [2.75, 3.05) is 52.5 Å². The summed E-state index contributed by atoms with van der Waals surface area (Å²) in [6.07, 6.45) is 3.40. The lowest BCUT2D eigenvalue weighted by molar-refractivity contribution is 0.145. The number of rotatable bonds is 11. The van der Waals surface area contributed by atoms with E-state index in [0.717, 1.165) is 58.2 Å². The average molecular weight is 361 g/mol. The van der Waals surface area contributed by atoms with Gasteiger partial charge in [0.15, 0.2) is 5.96 Å². The highest BCUT2D eigenvalue weighted by molar-refractivity contribution is 5.79. The fraction of sp³-hybridized carbons (Fsp3) is 0.667.